The summed E-state index contributed by atoms with van der Waals surface area (Å²) in [6.45, 7) is 0. The Bertz CT molecular complexity index is 642. The van der Waals surface area contributed by atoms with Crippen LogP contribution in [0.5, 0.6) is 0 Å². The van der Waals surface area contributed by atoms with E-state index in [4.69, 9.17) is 5.73 Å². The van der Waals surface area contributed by atoms with Crippen molar-refractivity contribution < 1.29 is 13.2 Å². The van der Waals surface area contributed by atoms with E-state index in [1.54, 1.807) is 18.2 Å². The van der Waals surface area contributed by atoms with Crippen LogP contribution >= 0.6 is 15.9 Å². The highest BCUT2D eigenvalue weighted by Crippen LogP contribution is 2.55. The molecule has 2 aromatic rings. The number of hydrogen-bond acceptors (Lipinski definition) is 4. The Morgan fingerprint density at radius 2 is 1.95 bits per heavy atom. The van der Waals surface area contributed by atoms with E-state index < -0.39 is 11.7 Å². The summed E-state index contributed by atoms with van der Waals surface area (Å²) in [7, 11) is 0. The van der Waals surface area contributed by atoms with E-state index in [2.05, 4.69) is 31.5 Å². The van der Waals surface area contributed by atoms with Crippen LogP contribution in [-0.4, -0.2) is 26.4 Å². The molecule has 0 aliphatic heterocycles. The zero-order valence-corrected chi connectivity index (χ0v) is 11.6. The predicted molar refractivity (Wildman–Crippen MR) is 68.6 cm³/mol. The molecular formula is C11H9BrF3N5. The third-order valence-corrected chi connectivity index (χ3v) is 3.76. The zero-order valence-electron chi connectivity index (χ0n) is 10.0. The summed E-state index contributed by atoms with van der Waals surface area (Å²) in [6.07, 6.45) is -4.41. The summed E-state index contributed by atoms with van der Waals surface area (Å²) in [5, 5.41) is 10.6. The van der Waals surface area contributed by atoms with Crippen LogP contribution in [0.2, 0.25) is 0 Å². The molecule has 0 bridgehead atoms. The van der Waals surface area contributed by atoms with Crippen molar-refractivity contribution in [2.45, 2.75) is 24.6 Å². The van der Waals surface area contributed by atoms with Crippen molar-refractivity contribution in [3.05, 3.63) is 22.7 Å². The Balaban J connectivity index is 2.12. The van der Waals surface area contributed by atoms with Gasteiger partial charge in [0.15, 0.2) is 11.4 Å². The number of nitrogens with zero attached hydrogens (tertiary/aromatic N) is 4. The molecule has 5 nitrogen and oxygen atoms in total. The fourth-order valence-corrected chi connectivity index (χ4v) is 2.64. The first-order valence-electron chi connectivity index (χ1n) is 5.75. The highest BCUT2D eigenvalue weighted by Gasteiger charge is 2.66. The Morgan fingerprint density at radius 1 is 1.25 bits per heavy atom. The van der Waals surface area contributed by atoms with Gasteiger partial charge in [-0.05, 0) is 41.5 Å². The lowest BCUT2D eigenvalue weighted by atomic mass is 10.1. The van der Waals surface area contributed by atoms with Gasteiger partial charge in [-0.1, -0.05) is 15.9 Å². The highest BCUT2D eigenvalue weighted by atomic mass is 79.9. The molecule has 1 aromatic carbocycles. The van der Waals surface area contributed by atoms with Crippen molar-refractivity contribution in [3.8, 4) is 11.4 Å². The van der Waals surface area contributed by atoms with Crippen LogP contribution in [0.25, 0.3) is 11.4 Å². The normalized spacial score (nSPS) is 17.2. The van der Waals surface area contributed by atoms with E-state index in [0.29, 0.717) is 15.7 Å². The maximum absolute atomic E-state index is 13.2. The van der Waals surface area contributed by atoms with Gasteiger partial charge in [-0.2, -0.15) is 13.2 Å². The van der Waals surface area contributed by atoms with Gasteiger partial charge in [-0.3, -0.25) is 0 Å². The Labute approximate surface area is 120 Å². The third kappa shape index (κ3) is 1.96. The molecule has 0 radical (unpaired) electrons. The molecule has 0 unspecified atom stereocenters. The molecule has 0 saturated heterocycles. The second kappa shape index (κ2) is 4.18. The van der Waals surface area contributed by atoms with E-state index in [1.807, 2.05) is 0 Å². The molecule has 1 aliphatic rings. The molecule has 2 N–H and O–H groups in total. The molecule has 0 amide bonds. The van der Waals surface area contributed by atoms with Crippen LogP contribution in [0.3, 0.4) is 0 Å². The number of nitrogen functional groups attached to an aromatic ring is 1. The summed E-state index contributed by atoms with van der Waals surface area (Å²) < 4.78 is 41.0. The average molecular weight is 348 g/mol. The van der Waals surface area contributed by atoms with Gasteiger partial charge in [0.25, 0.3) is 0 Å². The second-order valence-electron chi connectivity index (χ2n) is 4.72. The maximum Gasteiger partial charge on any atom is 0.413 e. The fraction of sp³-hybridized carbons (Fsp3) is 0.364. The van der Waals surface area contributed by atoms with Crippen molar-refractivity contribution in [3.63, 3.8) is 0 Å². The van der Waals surface area contributed by atoms with E-state index in [0.717, 1.165) is 4.68 Å². The summed E-state index contributed by atoms with van der Waals surface area (Å²) in [5.41, 5.74) is 4.57. The number of tetrazole rings is 1. The standard InChI is InChI=1S/C11H9BrF3N5/c12-7-3-6(4-8(16)5-7)9-17-18-19-20(9)10(1-2-10)11(13,14)15/h3-5H,1-2,16H2. The summed E-state index contributed by atoms with van der Waals surface area (Å²) >= 11 is 3.25. The van der Waals surface area contributed by atoms with E-state index in [9.17, 15) is 13.2 Å². The average Bonchev–Trinajstić information content (AvgIpc) is 2.99. The van der Waals surface area contributed by atoms with Crippen molar-refractivity contribution >= 4 is 21.6 Å². The van der Waals surface area contributed by atoms with Gasteiger partial charge in [-0.25, -0.2) is 4.68 Å². The monoisotopic (exact) mass is 347 g/mol. The predicted octanol–water partition coefficient (Wildman–Crippen LogP) is 2.74. The summed E-state index contributed by atoms with van der Waals surface area (Å²) in [5.74, 6) is 0.0628. The molecule has 1 heterocycles. The first-order valence-corrected chi connectivity index (χ1v) is 6.55. The van der Waals surface area contributed by atoms with Gasteiger partial charge >= 0.3 is 6.18 Å². The minimum atomic E-state index is -4.38. The zero-order chi connectivity index (χ0) is 14.5. The van der Waals surface area contributed by atoms with Gasteiger partial charge in [0, 0.05) is 15.7 Å². The molecule has 9 heteroatoms. The minimum Gasteiger partial charge on any atom is -0.399 e. The number of rotatable bonds is 2. The Morgan fingerprint density at radius 3 is 2.50 bits per heavy atom. The van der Waals surface area contributed by atoms with Crippen LogP contribution in [0.4, 0.5) is 18.9 Å². The molecule has 1 aromatic heterocycles. The summed E-state index contributed by atoms with van der Waals surface area (Å²) in [6, 6.07) is 4.82. The molecule has 1 saturated carbocycles. The van der Waals surface area contributed by atoms with Crippen LogP contribution in [0.15, 0.2) is 22.7 Å². The topological polar surface area (TPSA) is 69.6 Å². The Kier molecular flexibility index (Phi) is 2.79. The highest BCUT2D eigenvalue weighted by molar-refractivity contribution is 9.10. The largest absolute Gasteiger partial charge is 0.413 e. The minimum absolute atomic E-state index is 0.0158. The third-order valence-electron chi connectivity index (χ3n) is 3.30. The van der Waals surface area contributed by atoms with E-state index in [1.165, 1.54) is 0 Å². The lowest BCUT2D eigenvalue weighted by Gasteiger charge is -2.20. The number of benzene rings is 1. The Hall–Kier alpha value is -1.64. The number of alkyl halides is 3. The van der Waals surface area contributed by atoms with Gasteiger partial charge in [0.05, 0.1) is 0 Å². The van der Waals surface area contributed by atoms with Crippen molar-refractivity contribution in [2.75, 3.05) is 5.73 Å². The van der Waals surface area contributed by atoms with Crippen molar-refractivity contribution in [2.24, 2.45) is 0 Å². The van der Waals surface area contributed by atoms with Crippen molar-refractivity contribution in [1.29, 1.82) is 0 Å². The van der Waals surface area contributed by atoms with Crippen LogP contribution < -0.4 is 5.73 Å². The molecule has 0 spiro atoms. The molecule has 1 aliphatic carbocycles. The molecular weight excluding hydrogens is 339 g/mol. The number of nitrogens with two attached hydrogens (primary N) is 1. The SMILES string of the molecule is Nc1cc(Br)cc(-c2nnnn2C2(C(F)(F)F)CC2)c1. The number of halogens is 4. The van der Waals surface area contributed by atoms with Crippen molar-refractivity contribution in [1.82, 2.24) is 20.2 Å². The van der Waals surface area contributed by atoms with Crippen LogP contribution in [0.1, 0.15) is 12.8 Å². The van der Waals surface area contributed by atoms with E-state index >= 15 is 0 Å². The number of hydrogen-bond donors (Lipinski definition) is 1. The molecule has 3 rings (SSSR count). The van der Waals surface area contributed by atoms with Crippen LogP contribution in [-0.2, 0) is 5.54 Å². The number of aromatic nitrogens is 4. The van der Waals surface area contributed by atoms with Gasteiger partial charge in [0.2, 0.25) is 0 Å². The quantitative estimate of drug-likeness (QED) is 0.848. The first-order chi connectivity index (χ1) is 9.33. The fourth-order valence-electron chi connectivity index (χ4n) is 2.13. The second-order valence-corrected chi connectivity index (χ2v) is 5.63. The lowest BCUT2D eigenvalue weighted by Crippen LogP contribution is -2.36. The molecule has 106 valence electrons. The first kappa shape index (κ1) is 13.3. The number of anilines is 1. The lowest BCUT2D eigenvalue weighted by molar-refractivity contribution is -0.182. The molecule has 0 atom stereocenters. The van der Waals surface area contributed by atoms with Gasteiger partial charge in [0.1, 0.15) is 0 Å². The van der Waals surface area contributed by atoms with Crippen LogP contribution in [0, 0.1) is 0 Å². The maximum atomic E-state index is 13.2. The van der Waals surface area contributed by atoms with Gasteiger partial charge < -0.3 is 5.73 Å². The molecule has 1 fully saturated rings. The molecule has 20 heavy (non-hydrogen) atoms. The smallest absolute Gasteiger partial charge is 0.399 e. The van der Waals surface area contributed by atoms with E-state index in [-0.39, 0.29) is 18.7 Å². The summed E-state index contributed by atoms with van der Waals surface area (Å²) in [4.78, 5) is 0. The van der Waals surface area contributed by atoms with Gasteiger partial charge in [-0.15, -0.1) is 5.10 Å².